The molecule has 0 spiro atoms. The van der Waals surface area contributed by atoms with Gasteiger partial charge in [0.05, 0.1) is 19.8 Å². The van der Waals surface area contributed by atoms with Crippen LogP contribution < -0.4 is 11.1 Å². The van der Waals surface area contributed by atoms with Gasteiger partial charge in [-0.3, -0.25) is 4.79 Å². The Kier molecular flexibility index (Phi) is 9.31. The van der Waals surface area contributed by atoms with Crippen LogP contribution in [0.2, 0.25) is 0 Å². The van der Waals surface area contributed by atoms with Crippen molar-refractivity contribution in [3.8, 4) is 0 Å². The summed E-state index contributed by atoms with van der Waals surface area (Å²) >= 11 is 0. The number of esters is 2. The molecule has 8 nitrogen and oxygen atoms in total. The van der Waals surface area contributed by atoms with Gasteiger partial charge in [-0.15, -0.1) is 0 Å². The largest absolute Gasteiger partial charge is 0.464 e. The normalized spacial score (nSPS) is 13.2. The number of aliphatic hydroxyl groups is 1. The molecule has 0 aliphatic heterocycles. The summed E-state index contributed by atoms with van der Waals surface area (Å²) in [6, 6.07) is -1.73. The van der Waals surface area contributed by atoms with Gasteiger partial charge in [0.15, 0.2) is 12.1 Å². The van der Waals surface area contributed by atoms with Crippen molar-refractivity contribution < 1.29 is 34.7 Å². The van der Waals surface area contributed by atoms with Crippen molar-refractivity contribution in [2.24, 2.45) is 0 Å². The minimum absolute atomic E-state index is 0.00286. The molecule has 0 aliphatic carbocycles. The van der Waals surface area contributed by atoms with Gasteiger partial charge in [-0.05, 0) is 13.8 Å². The van der Waals surface area contributed by atoms with Crippen LogP contribution in [0.4, 0.5) is 0 Å². The topological polar surface area (TPSA) is 130 Å². The molecular weight excluding hydrogens is 268 g/mol. The Morgan fingerprint density at radius 1 is 1.15 bits per heavy atom. The summed E-state index contributed by atoms with van der Waals surface area (Å²) in [6.07, 6.45) is 0.203. The summed E-state index contributed by atoms with van der Waals surface area (Å²) in [7, 11) is 0. The van der Waals surface area contributed by atoms with Crippen LogP contribution in [0.5, 0.6) is 0 Å². The first-order chi connectivity index (χ1) is 9.46. The molecule has 2 atom stereocenters. The second kappa shape index (κ2) is 10.2. The number of rotatable bonds is 9. The van der Waals surface area contributed by atoms with Crippen LogP contribution in [-0.2, 0) is 23.9 Å². The zero-order valence-electron chi connectivity index (χ0n) is 11.9. The molecule has 1 unspecified atom stereocenters. The minimum atomic E-state index is -1.09. The van der Waals surface area contributed by atoms with E-state index in [0.29, 0.717) is 0 Å². The van der Waals surface area contributed by atoms with Crippen LogP contribution in [0.25, 0.3) is 0 Å². The Morgan fingerprint density at radius 3 is 2.20 bits per heavy atom. The molecule has 0 fully saturated rings. The fourth-order valence-electron chi connectivity index (χ4n) is 1.37. The number of hydrogen-bond acceptors (Lipinski definition) is 6. The molecule has 0 saturated heterocycles. The monoisotopic (exact) mass is 291 g/mol. The maximum atomic E-state index is 11.6. The molecular formula is C12H23N2O6+. The quantitative estimate of drug-likeness (QED) is 0.420. The van der Waals surface area contributed by atoms with E-state index in [4.69, 9.17) is 14.6 Å². The Morgan fingerprint density at radius 2 is 1.70 bits per heavy atom. The molecule has 8 heteroatoms. The van der Waals surface area contributed by atoms with E-state index in [1.807, 2.05) is 0 Å². The van der Waals surface area contributed by atoms with E-state index in [9.17, 15) is 14.4 Å². The van der Waals surface area contributed by atoms with Crippen molar-refractivity contribution in [2.45, 2.75) is 38.8 Å². The lowest BCUT2D eigenvalue weighted by Gasteiger charge is -2.15. The Hall–Kier alpha value is -1.67. The van der Waals surface area contributed by atoms with Crippen molar-refractivity contribution in [2.75, 3.05) is 19.8 Å². The Balaban J connectivity index is 4.14. The highest BCUT2D eigenvalue weighted by molar-refractivity contribution is 5.85. The van der Waals surface area contributed by atoms with E-state index in [2.05, 4.69) is 11.1 Å². The first-order valence-corrected chi connectivity index (χ1v) is 6.52. The molecule has 0 radical (unpaired) electrons. The third kappa shape index (κ3) is 7.05. The minimum Gasteiger partial charge on any atom is -0.464 e. The van der Waals surface area contributed by atoms with Crippen molar-refractivity contribution in [1.29, 1.82) is 0 Å². The number of ether oxygens (including phenoxy) is 2. The highest BCUT2D eigenvalue weighted by atomic mass is 16.5. The molecule has 20 heavy (non-hydrogen) atoms. The van der Waals surface area contributed by atoms with Gasteiger partial charge < -0.3 is 25.6 Å². The zero-order chi connectivity index (χ0) is 15.5. The van der Waals surface area contributed by atoms with Crippen LogP contribution in [-0.4, -0.2) is 54.9 Å². The fraction of sp³-hybridized carbons (Fsp3) is 0.750. The van der Waals surface area contributed by atoms with E-state index >= 15 is 0 Å². The maximum absolute atomic E-state index is 11.6. The number of carbonyl (C=O) groups excluding carboxylic acids is 3. The summed E-state index contributed by atoms with van der Waals surface area (Å²) in [5.74, 6) is -1.63. The van der Waals surface area contributed by atoms with Crippen LogP contribution in [0.15, 0.2) is 0 Å². The smallest absolute Gasteiger partial charge is 0.364 e. The molecule has 0 rings (SSSR count). The fourth-order valence-corrected chi connectivity index (χ4v) is 1.37. The predicted molar refractivity (Wildman–Crippen MR) is 68.2 cm³/mol. The van der Waals surface area contributed by atoms with Crippen molar-refractivity contribution in [1.82, 2.24) is 5.32 Å². The average Bonchev–Trinajstić information content (AvgIpc) is 2.42. The molecule has 0 aliphatic rings. The van der Waals surface area contributed by atoms with Gasteiger partial charge in [-0.2, -0.15) is 0 Å². The lowest BCUT2D eigenvalue weighted by molar-refractivity contribution is -0.409. The Bertz CT molecular complexity index is 334. The van der Waals surface area contributed by atoms with E-state index in [1.54, 1.807) is 13.8 Å². The van der Waals surface area contributed by atoms with Gasteiger partial charge in [0.1, 0.15) is 0 Å². The summed E-state index contributed by atoms with van der Waals surface area (Å²) < 4.78 is 9.45. The van der Waals surface area contributed by atoms with E-state index in [1.165, 1.54) is 0 Å². The lowest BCUT2D eigenvalue weighted by atomic mass is 10.1. The summed E-state index contributed by atoms with van der Waals surface area (Å²) in [6.45, 7) is 3.18. The van der Waals surface area contributed by atoms with Crippen LogP contribution in [0, 0.1) is 0 Å². The predicted octanol–water partition coefficient (Wildman–Crippen LogP) is -2.02. The van der Waals surface area contributed by atoms with E-state index in [0.717, 1.165) is 0 Å². The van der Waals surface area contributed by atoms with Crippen molar-refractivity contribution in [3.63, 3.8) is 0 Å². The number of quaternary nitrogens is 1. The van der Waals surface area contributed by atoms with Gasteiger partial charge in [0.2, 0.25) is 5.91 Å². The van der Waals surface area contributed by atoms with E-state index < -0.39 is 36.5 Å². The van der Waals surface area contributed by atoms with Gasteiger partial charge in [0, 0.05) is 12.8 Å². The molecule has 5 N–H and O–H groups in total. The van der Waals surface area contributed by atoms with Crippen molar-refractivity contribution in [3.05, 3.63) is 0 Å². The highest BCUT2D eigenvalue weighted by Crippen LogP contribution is 1.97. The third-order valence-corrected chi connectivity index (χ3v) is 2.43. The lowest BCUT2D eigenvalue weighted by Crippen LogP contribution is -2.65. The average molecular weight is 291 g/mol. The van der Waals surface area contributed by atoms with E-state index in [-0.39, 0.29) is 26.1 Å². The molecule has 0 heterocycles. The van der Waals surface area contributed by atoms with Gasteiger partial charge in [-0.25, -0.2) is 9.59 Å². The first kappa shape index (κ1) is 18.3. The SMILES string of the molecule is CCOC(=O)C([NH3+])CCC(=O)N[C@@H](CO)C(=O)OCC. The molecule has 0 aromatic rings. The van der Waals surface area contributed by atoms with Crippen LogP contribution >= 0.6 is 0 Å². The number of carbonyl (C=O) groups is 3. The second-order valence-electron chi connectivity index (χ2n) is 4.04. The van der Waals surface area contributed by atoms with Gasteiger partial charge >= 0.3 is 11.9 Å². The van der Waals surface area contributed by atoms with Crippen LogP contribution in [0.3, 0.4) is 0 Å². The van der Waals surface area contributed by atoms with Gasteiger partial charge in [-0.1, -0.05) is 0 Å². The van der Waals surface area contributed by atoms with Crippen LogP contribution in [0.1, 0.15) is 26.7 Å². The molecule has 116 valence electrons. The number of nitrogens with one attached hydrogen (secondary N) is 1. The highest BCUT2D eigenvalue weighted by Gasteiger charge is 2.23. The molecule has 0 aromatic heterocycles. The summed E-state index contributed by atoms with van der Waals surface area (Å²) in [5, 5.41) is 11.3. The number of aliphatic hydroxyl groups excluding tert-OH is 1. The molecule has 0 bridgehead atoms. The first-order valence-electron chi connectivity index (χ1n) is 6.52. The van der Waals surface area contributed by atoms with Crippen molar-refractivity contribution >= 4 is 17.8 Å². The van der Waals surface area contributed by atoms with Gasteiger partial charge in [0.25, 0.3) is 0 Å². The maximum Gasteiger partial charge on any atom is 0.364 e. The summed E-state index contributed by atoms with van der Waals surface area (Å²) in [5.41, 5.74) is 3.60. The summed E-state index contributed by atoms with van der Waals surface area (Å²) in [4.78, 5) is 34.3. The molecule has 0 saturated carbocycles. The second-order valence-corrected chi connectivity index (χ2v) is 4.04. The standard InChI is InChI=1S/C12H22N2O6/c1-3-19-11(17)8(13)5-6-10(16)14-9(7-15)12(18)20-4-2/h8-9,15H,3-7,13H2,1-2H3,(H,14,16)/p+1/t8?,9-/m0/s1. The molecule has 1 amide bonds. The zero-order valence-corrected chi connectivity index (χ0v) is 11.9. The third-order valence-electron chi connectivity index (χ3n) is 2.43. The number of amides is 1. The Labute approximate surface area is 117 Å². The number of hydrogen-bond donors (Lipinski definition) is 3. The molecule has 0 aromatic carbocycles.